The molecule has 0 radical (unpaired) electrons. The molecule has 6 nitrogen and oxygen atoms in total. The fourth-order valence-electron chi connectivity index (χ4n) is 2.48. The summed E-state index contributed by atoms with van der Waals surface area (Å²) in [5.74, 6) is -0.640. The molecule has 2 aromatic carbocycles. The zero-order valence-electron chi connectivity index (χ0n) is 14.1. The standard InChI is InChI=1S/C18H21FN4O2/c1-3-23-18(24)17(22)16(21)11-7-4-6-10(15(11)20)14-12(19)8-5-9-13(14)25-2/h4-9H,3,20-22H2,1-2H3,(H,23,24)/b17-16+. The fourth-order valence-corrected chi connectivity index (χ4v) is 2.48. The quantitative estimate of drug-likeness (QED) is 0.487. The van der Waals surface area contributed by atoms with Crippen LogP contribution in [0.25, 0.3) is 16.8 Å². The first-order chi connectivity index (χ1) is 11.9. The second-order valence-corrected chi connectivity index (χ2v) is 5.27. The lowest BCUT2D eigenvalue weighted by atomic mass is 9.97. The highest BCUT2D eigenvalue weighted by Crippen LogP contribution is 2.38. The maximum absolute atomic E-state index is 14.4. The van der Waals surface area contributed by atoms with E-state index in [0.717, 1.165) is 0 Å². The maximum Gasteiger partial charge on any atom is 0.269 e. The molecule has 0 saturated heterocycles. The topological polar surface area (TPSA) is 116 Å². The lowest BCUT2D eigenvalue weighted by Crippen LogP contribution is -2.30. The number of likely N-dealkylation sites (N-methyl/N-ethyl adjacent to an activating group) is 1. The number of carbonyl (C=O) groups excluding carboxylic acids is 1. The molecule has 0 aromatic heterocycles. The molecule has 2 rings (SSSR count). The number of rotatable bonds is 5. The smallest absolute Gasteiger partial charge is 0.269 e. The molecule has 25 heavy (non-hydrogen) atoms. The molecule has 0 aliphatic rings. The van der Waals surface area contributed by atoms with Crippen LogP contribution in [0.2, 0.25) is 0 Å². The van der Waals surface area contributed by atoms with E-state index in [-0.39, 0.29) is 22.6 Å². The van der Waals surface area contributed by atoms with Crippen molar-refractivity contribution in [2.24, 2.45) is 11.5 Å². The van der Waals surface area contributed by atoms with Gasteiger partial charge in [-0.2, -0.15) is 0 Å². The lowest BCUT2D eigenvalue weighted by molar-refractivity contribution is -0.117. The van der Waals surface area contributed by atoms with E-state index in [4.69, 9.17) is 21.9 Å². The van der Waals surface area contributed by atoms with Gasteiger partial charge in [-0.05, 0) is 19.1 Å². The molecule has 0 atom stereocenters. The SMILES string of the molecule is CCNC(=O)/C(N)=C(\N)c1cccc(-c2c(F)cccc2OC)c1N. The first-order valence-corrected chi connectivity index (χ1v) is 7.67. The Morgan fingerprint density at radius 2 is 1.88 bits per heavy atom. The molecule has 0 fully saturated rings. The number of halogens is 1. The summed E-state index contributed by atoms with van der Waals surface area (Å²) >= 11 is 0. The summed E-state index contributed by atoms with van der Waals surface area (Å²) in [7, 11) is 1.44. The largest absolute Gasteiger partial charge is 0.496 e. The van der Waals surface area contributed by atoms with E-state index >= 15 is 0 Å². The second kappa shape index (κ2) is 7.57. The van der Waals surface area contributed by atoms with Crippen molar-refractivity contribution in [3.8, 4) is 16.9 Å². The maximum atomic E-state index is 14.4. The van der Waals surface area contributed by atoms with Crippen LogP contribution in [0.5, 0.6) is 5.75 Å². The average molecular weight is 344 g/mol. The minimum absolute atomic E-state index is 0.0283. The number of nitrogen functional groups attached to an aromatic ring is 1. The first kappa shape index (κ1) is 18.1. The number of amides is 1. The molecule has 2 aromatic rings. The van der Waals surface area contributed by atoms with Gasteiger partial charge >= 0.3 is 0 Å². The van der Waals surface area contributed by atoms with E-state index in [0.29, 0.717) is 23.4 Å². The van der Waals surface area contributed by atoms with Gasteiger partial charge in [-0.15, -0.1) is 0 Å². The summed E-state index contributed by atoms with van der Waals surface area (Å²) in [5, 5.41) is 2.57. The number of para-hydroxylation sites is 1. The first-order valence-electron chi connectivity index (χ1n) is 7.67. The third kappa shape index (κ3) is 3.50. The average Bonchev–Trinajstić information content (AvgIpc) is 2.61. The number of anilines is 1. The molecule has 7 N–H and O–H groups in total. The van der Waals surface area contributed by atoms with Crippen LogP contribution in [0.4, 0.5) is 10.1 Å². The van der Waals surface area contributed by atoms with E-state index in [1.807, 2.05) is 0 Å². The van der Waals surface area contributed by atoms with Crippen molar-refractivity contribution in [2.75, 3.05) is 19.4 Å². The highest BCUT2D eigenvalue weighted by atomic mass is 19.1. The zero-order valence-corrected chi connectivity index (χ0v) is 14.1. The van der Waals surface area contributed by atoms with Gasteiger partial charge in [0.1, 0.15) is 17.3 Å². The lowest BCUT2D eigenvalue weighted by Gasteiger charge is -2.16. The van der Waals surface area contributed by atoms with Crippen LogP contribution in [0.3, 0.4) is 0 Å². The molecule has 1 amide bonds. The van der Waals surface area contributed by atoms with Crippen molar-refractivity contribution in [1.29, 1.82) is 0 Å². The summed E-state index contributed by atoms with van der Waals surface area (Å²) in [6.45, 7) is 2.18. The number of nitrogens with two attached hydrogens (primary N) is 3. The fraction of sp³-hybridized carbons (Fsp3) is 0.167. The van der Waals surface area contributed by atoms with Gasteiger partial charge in [-0.1, -0.05) is 24.3 Å². The Bertz CT molecular complexity index is 834. The van der Waals surface area contributed by atoms with Crippen LogP contribution in [-0.2, 0) is 4.79 Å². The molecule has 0 spiro atoms. The van der Waals surface area contributed by atoms with Gasteiger partial charge in [-0.3, -0.25) is 4.79 Å². The number of hydrogen-bond acceptors (Lipinski definition) is 5. The summed E-state index contributed by atoms with van der Waals surface area (Å²) in [6, 6.07) is 9.41. The van der Waals surface area contributed by atoms with Crippen molar-refractivity contribution in [3.05, 3.63) is 53.5 Å². The highest BCUT2D eigenvalue weighted by Gasteiger charge is 2.19. The van der Waals surface area contributed by atoms with Gasteiger partial charge in [0, 0.05) is 23.4 Å². The van der Waals surface area contributed by atoms with Crippen molar-refractivity contribution < 1.29 is 13.9 Å². The Kier molecular flexibility index (Phi) is 5.49. The molecule has 7 heteroatoms. The Labute approximate surface area is 145 Å². The number of ether oxygens (including phenoxy) is 1. The van der Waals surface area contributed by atoms with E-state index < -0.39 is 11.7 Å². The molecule has 0 heterocycles. The van der Waals surface area contributed by atoms with E-state index in [1.165, 1.54) is 13.2 Å². The summed E-state index contributed by atoms with van der Waals surface area (Å²) < 4.78 is 19.6. The number of methoxy groups -OCH3 is 1. The van der Waals surface area contributed by atoms with Gasteiger partial charge < -0.3 is 27.3 Å². The predicted molar refractivity (Wildman–Crippen MR) is 96.8 cm³/mol. The third-order valence-corrected chi connectivity index (χ3v) is 3.73. The van der Waals surface area contributed by atoms with Gasteiger partial charge in [0.2, 0.25) is 0 Å². The highest BCUT2D eigenvalue weighted by molar-refractivity contribution is 6.01. The van der Waals surface area contributed by atoms with Gasteiger partial charge in [0.05, 0.1) is 18.4 Å². The Morgan fingerprint density at radius 3 is 2.52 bits per heavy atom. The predicted octanol–water partition coefficient (Wildman–Crippen LogP) is 1.81. The van der Waals surface area contributed by atoms with E-state index in [9.17, 15) is 9.18 Å². The van der Waals surface area contributed by atoms with Crippen LogP contribution in [0.15, 0.2) is 42.1 Å². The van der Waals surface area contributed by atoms with Crippen LogP contribution >= 0.6 is 0 Å². The van der Waals surface area contributed by atoms with Crippen molar-refractivity contribution in [3.63, 3.8) is 0 Å². The van der Waals surface area contributed by atoms with Gasteiger partial charge in [0.15, 0.2) is 0 Å². The molecule has 0 unspecified atom stereocenters. The normalized spacial score (nSPS) is 11.6. The van der Waals surface area contributed by atoms with Gasteiger partial charge in [-0.25, -0.2) is 4.39 Å². The van der Waals surface area contributed by atoms with E-state index in [1.54, 1.807) is 37.3 Å². The summed E-state index contributed by atoms with van der Waals surface area (Å²) in [4.78, 5) is 11.9. The number of nitrogens with one attached hydrogen (secondary N) is 1. The summed E-state index contributed by atoms with van der Waals surface area (Å²) in [6.07, 6.45) is 0. The molecule has 132 valence electrons. The Hall–Kier alpha value is -3.22. The number of carbonyl (C=O) groups is 1. The molecular formula is C18H21FN4O2. The minimum atomic E-state index is -0.492. The minimum Gasteiger partial charge on any atom is -0.496 e. The third-order valence-electron chi connectivity index (χ3n) is 3.73. The molecular weight excluding hydrogens is 323 g/mol. The Balaban J connectivity index is 2.63. The molecule has 0 saturated carbocycles. The van der Waals surface area contributed by atoms with E-state index in [2.05, 4.69) is 5.32 Å². The van der Waals surface area contributed by atoms with Crippen molar-refractivity contribution >= 4 is 17.3 Å². The summed E-state index contributed by atoms with van der Waals surface area (Å²) in [5.41, 5.74) is 19.1. The molecule has 0 bridgehead atoms. The van der Waals surface area contributed by atoms with Gasteiger partial charge in [0.25, 0.3) is 5.91 Å². The van der Waals surface area contributed by atoms with Crippen LogP contribution in [-0.4, -0.2) is 19.6 Å². The molecule has 0 aliphatic carbocycles. The van der Waals surface area contributed by atoms with Crippen LogP contribution < -0.4 is 27.3 Å². The van der Waals surface area contributed by atoms with Crippen molar-refractivity contribution in [1.82, 2.24) is 5.32 Å². The van der Waals surface area contributed by atoms with Crippen molar-refractivity contribution in [2.45, 2.75) is 6.92 Å². The monoisotopic (exact) mass is 344 g/mol. The number of hydrogen-bond donors (Lipinski definition) is 4. The zero-order chi connectivity index (χ0) is 18.6. The molecule has 0 aliphatic heterocycles. The number of benzene rings is 2. The van der Waals surface area contributed by atoms with Crippen LogP contribution in [0.1, 0.15) is 12.5 Å². The second-order valence-electron chi connectivity index (χ2n) is 5.27. The van der Waals surface area contributed by atoms with Crippen LogP contribution in [0, 0.1) is 5.82 Å². The Morgan fingerprint density at radius 1 is 1.20 bits per heavy atom.